The first-order valence-electron chi connectivity index (χ1n) is 7.67. The lowest BCUT2D eigenvalue weighted by Crippen LogP contribution is -1.98. The molecule has 2 aliphatic carbocycles. The highest BCUT2D eigenvalue weighted by Crippen LogP contribution is 2.64. The Bertz CT molecular complexity index is 664. The van der Waals surface area contributed by atoms with Gasteiger partial charge in [-0.25, -0.2) is 0 Å². The molecule has 1 aromatic heterocycles. The third kappa shape index (κ3) is 1.85. The lowest BCUT2D eigenvalue weighted by atomic mass is 9.99. The highest BCUT2D eigenvalue weighted by Gasteiger charge is 2.55. The molecule has 0 radical (unpaired) electrons. The van der Waals surface area contributed by atoms with Gasteiger partial charge in [0.1, 0.15) is 11.6 Å². The van der Waals surface area contributed by atoms with Gasteiger partial charge in [0, 0.05) is 18.5 Å². The number of aryl methyl sites for hydroxylation is 1. The number of ether oxygens (including phenoxy) is 1. The van der Waals surface area contributed by atoms with E-state index in [-0.39, 0.29) is 0 Å². The van der Waals surface area contributed by atoms with Crippen molar-refractivity contribution in [2.75, 3.05) is 12.8 Å². The molecule has 2 unspecified atom stereocenters. The molecule has 0 saturated heterocycles. The van der Waals surface area contributed by atoms with E-state index in [0.717, 1.165) is 34.5 Å². The minimum Gasteiger partial charge on any atom is -0.497 e. The monoisotopic (exact) mass is 283 g/mol. The molecule has 4 rings (SSSR count). The van der Waals surface area contributed by atoms with Crippen molar-refractivity contribution in [2.24, 2.45) is 18.9 Å². The van der Waals surface area contributed by atoms with Gasteiger partial charge in [-0.05, 0) is 42.4 Å². The first-order chi connectivity index (χ1) is 10.2. The van der Waals surface area contributed by atoms with Gasteiger partial charge in [0.15, 0.2) is 0 Å². The van der Waals surface area contributed by atoms with Crippen LogP contribution in [0.2, 0.25) is 0 Å². The number of aromatic nitrogens is 2. The van der Waals surface area contributed by atoms with Crippen LogP contribution in [-0.4, -0.2) is 16.9 Å². The second kappa shape index (κ2) is 4.52. The summed E-state index contributed by atoms with van der Waals surface area (Å²) in [4.78, 5) is 0. The summed E-state index contributed by atoms with van der Waals surface area (Å²) in [5.74, 6) is 3.94. The van der Waals surface area contributed by atoms with Crippen LogP contribution in [0.3, 0.4) is 0 Å². The van der Waals surface area contributed by atoms with Crippen molar-refractivity contribution < 1.29 is 4.74 Å². The Kier molecular flexibility index (Phi) is 2.74. The van der Waals surface area contributed by atoms with Crippen molar-refractivity contribution in [3.63, 3.8) is 0 Å². The number of hydrogen-bond acceptors (Lipinski definition) is 3. The predicted octanol–water partition coefficient (Wildman–Crippen LogP) is 3.19. The molecule has 2 fully saturated rings. The van der Waals surface area contributed by atoms with Gasteiger partial charge in [-0.2, -0.15) is 5.10 Å². The van der Waals surface area contributed by atoms with Gasteiger partial charge >= 0.3 is 0 Å². The number of methoxy groups -OCH3 is 1. The molecule has 0 amide bonds. The quantitative estimate of drug-likeness (QED) is 0.941. The van der Waals surface area contributed by atoms with Gasteiger partial charge in [-0.1, -0.05) is 18.6 Å². The fourth-order valence-electron chi connectivity index (χ4n) is 4.07. The van der Waals surface area contributed by atoms with E-state index in [1.807, 2.05) is 23.9 Å². The third-order valence-electron chi connectivity index (χ3n) is 5.22. The topological polar surface area (TPSA) is 53.1 Å². The second-order valence-corrected chi connectivity index (χ2v) is 6.28. The van der Waals surface area contributed by atoms with E-state index in [1.54, 1.807) is 7.11 Å². The van der Waals surface area contributed by atoms with E-state index >= 15 is 0 Å². The molecule has 0 bridgehead atoms. The molecule has 2 N–H and O–H groups in total. The SMILES string of the molecule is COc1ccc(-c2c(C3C4CCCC43)nn(C)c2N)cc1. The van der Waals surface area contributed by atoms with Crippen LogP contribution in [0.15, 0.2) is 24.3 Å². The van der Waals surface area contributed by atoms with Gasteiger partial charge in [0.05, 0.1) is 12.8 Å². The number of nitrogens with two attached hydrogens (primary N) is 1. The van der Waals surface area contributed by atoms with E-state index in [4.69, 9.17) is 15.6 Å². The molecule has 0 aliphatic heterocycles. The van der Waals surface area contributed by atoms with Gasteiger partial charge < -0.3 is 10.5 Å². The van der Waals surface area contributed by atoms with Crippen molar-refractivity contribution >= 4 is 5.82 Å². The molecule has 0 spiro atoms. The van der Waals surface area contributed by atoms with Crippen LogP contribution in [0.4, 0.5) is 5.82 Å². The average molecular weight is 283 g/mol. The Balaban J connectivity index is 1.76. The summed E-state index contributed by atoms with van der Waals surface area (Å²) >= 11 is 0. The summed E-state index contributed by atoms with van der Waals surface area (Å²) in [6.07, 6.45) is 4.09. The minimum atomic E-state index is 0.624. The van der Waals surface area contributed by atoms with Crippen molar-refractivity contribution in [1.29, 1.82) is 0 Å². The molecule has 21 heavy (non-hydrogen) atoms. The van der Waals surface area contributed by atoms with Crippen molar-refractivity contribution in [3.05, 3.63) is 30.0 Å². The molecule has 2 atom stereocenters. The van der Waals surface area contributed by atoms with Crippen LogP contribution < -0.4 is 10.5 Å². The molecule has 2 saturated carbocycles. The van der Waals surface area contributed by atoms with Crippen LogP contribution in [0.5, 0.6) is 5.75 Å². The zero-order chi connectivity index (χ0) is 14.6. The normalized spacial score (nSPS) is 26.7. The number of anilines is 1. The predicted molar refractivity (Wildman–Crippen MR) is 83.2 cm³/mol. The lowest BCUT2D eigenvalue weighted by Gasteiger charge is -2.07. The molecule has 2 aromatic rings. The molecular formula is C17H21N3O. The smallest absolute Gasteiger partial charge is 0.129 e. The largest absolute Gasteiger partial charge is 0.497 e. The van der Waals surface area contributed by atoms with Gasteiger partial charge in [-0.3, -0.25) is 4.68 Å². The number of hydrogen-bond donors (Lipinski definition) is 1. The first-order valence-corrected chi connectivity index (χ1v) is 7.67. The number of fused-ring (bicyclic) bond motifs is 1. The minimum absolute atomic E-state index is 0.624. The van der Waals surface area contributed by atoms with Crippen LogP contribution in [-0.2, 0) is 7.05 Å². The average Bonchev–Trinajstić information content (AvgIpc) is 2.83. The Morgan fingerprint density at radius 3 is 2.48 bits per heavy atom. The van der Waals surface area contributed by atoms with E-state index in [9.17, 15) is 0 Å². The standard InChI is InChI=1S/C17H21N3O/c1-20-17(18)14(10-6-8-11(21-2)9-7-10)16(19-20)15-12-4-3-5-13(12)15/h6-9,12-13,15H,3-5,18H2,1-2H3. The van der Waals surface area contributed by atoms with Crippen molar-refractivity contribution in [2.45, 2.75) is 25.2 Å². The fraction of sp³-hybridized carbons (Fsp3) is 0.471. The molecule has 4 heteroatoms. The van der Waals surface area contributed by atoms with Crippen LogP contribution in [0.1, 0.15) is 30.9 Å². The van der Waals surface area contributed by atoms with Gasteiger partial charge in [0.2, 0.25) is 0 Å². The maximum absolute atomic E-state index is 6.29. The van der Waals surface area contributed by atoms with Gasteiger partial charge in [0.25, 0.3) is 0 Å². The molecule has 1 aromatic carbocycles. The van der Waals surface area contributed by atoms with Crippen LogP contribution in [0.25, 0.3) is 11.1 Å². The Morgan fingerprint density at radius 1 is 1.19 bits per heavy atom. The summed E-state index contributed by atoms with van der Waals surface area (Å²) in [5.41, 5.74) is 9.76. The number of nitrogen functional groups attached to an aromatic ring is 1. The van der Waals surface area contributed by atoms with E-state index in [0.29, 0.717) is 5.92 Å². The molecule has 110 valence electrons. The van der Waals surface area contributed by atoms with Crippen molar-refractivity contribution in [3.8, 4) is 16.9 Å². The van der Waals surface area contributed by atoms with Gasteiger partial charge in [-0.15, -0.1) is 0 Å². The zero-order valence-corrected chi connectivity index (χ0v) is 12.5. The highest BCUT2D eigenvalue weighted by atomic mass is 16.5. The Morgan fingerprint density at radius 2 is 1.86 bits per heavy atom. The first kappa shape index (κ1) is 12.7. The van der Waals surface area contributed by atoms with Crippen LogP contribution >= 0.6 is 0 Å². The van der Waals surface area contributed by atoms with E-state index < -0.39 is 0 Å². The summed E-state index contributed by atoms with van der Waals surface area (Å²) in [7, 11) is 3.62. The summed E-state index contributed by atoms with van der Waals surface area (Å²) in [6.45, 7) is 0. The lowest BCUT2D eigenvalue weighted by molar-refractivity contribution is 0.415. The fourth-order valence-corrected chi connectivity index (χ4v) is 4.07. The summed E-state index contributed by atoms with van der Waals surface area (Å²) in [5, 5.41) is 4.73. The van der Waals surface area contributed by atoms with E-state index in [1.165, 1.54) is 25.0 Å². The number of nitrogens with zero attached hydrogens (tertiary/aromatic N) is 2. The maximum atomic E-state index is 6.29. The van der Waals surface area contributed by atoms with E-state index in [2.05, 4.69) is 12.1 Å². The molecular weight excluding hydrogens is 262 g/mol. The number of benzene rings is 1. The van der Waals surface area contributed by atoms with Crippen molar-refractivity contribution in [1.82, 2.24) is 9.78 Å². The molecule has 4 nitrogen and oxygen atoms in total. The highest BCUT2D eigenvalue weighted by molar-refractivity contribution is 5.78. The number of rotatable bonds is 3. The molecule has 2 aliphatic rings. The summed E-state index contributed by atoms with van der Waals surface area (Å²) < 4.78 is 7.06. The Hall–Kier alpha value is -1.97. The maximum Gasteiger partial charge on any atom is 0.129 e. The van der Waals surface area contributed by atoms with Crippen LogP contribution in [0, 0.1) is 11.8 Å². The second-order valence-electron chi connectivity index (χ2n) is 6.28. The third-order valence-corrected chi connectivity index (χ3v) is 5.22. The Labute approximate surface area is 124 Å². The summed E-state index contributed by atoms with van der Waals surface area (Å²) in [6, 6.07) is 8.13. The molecule has 1 heterocycles. The zero-order valence-electron chi connectivity index (χ0n) is 12.5.